The molecule has 0 aromatic carbocycles. The highest BCUT2D eigenvalue weighted by molar-refractivity contribution is 5.80. The van der Waals surface area contributed by atoms with E-state index >= 15 is 0 Å². The van der Waals surface area contributed by atoms with Crippen molar-refractivity contribution in [1.29, 1.82) is 0 Å². The number of hydrogen-bond acceptors (Lipinski definition) is 5. The smallest absolute Gasteiger partial charge is 0.325 e. The molecule has 1 heterocycles. The molecule has 1 saturated carbocycles. The van der Waals surface area contributed by atoms with E-state index in [4.69, 9.17) is 9.47 Å². The van der Waals surface area contributed by atoms with Crippen LogP contribution in [0.2, 0.25) is 0 Å². The number of nitrogens with one attached hydrogen (secondary N) is 1. The van der Waals surface area contributed by atoms with Gasteiger partial charge < -0.3 is 14.4 Å². The van der Waals surface area contributed by atoms with Gasteiger partial charge in [-0.05, 0) is 52.5 Å². The lowest BCUT2D eigenvalue weighted by atomic mass is 9.92. The Morgan fingerprint density at radius 3 is 2.71 bits per heavy atom. The van der Waals surface area contributed by atoms with Crippen LogP contribution in [0.4, 0.5) is 0 Å². The Bertz CT molecular complexity index is 373. The Labute approximate surface area is 128 Å². The number of methoxy groups -OCH3 is 2. The Morgan fingerprint density at radius 2 is 2.14 bits per heavy atom. The van der Waals surface area contributed by atoms with Crippen molar-refractivity contribution in [2.75, 3.05) is 33.9 Å². The number of likely N-dealkylation sites (tertiary alicyclic amines) is 1. The molecule has 0 amide bonds. The minimum atomic E-state index is -0.573. The minimum Gasteiger partial charge on any atom is -0.468 e. The maximum Gasteiger partial charge on any atom is 0.325 e. The summed E-state index contributed by atoms with van der Waals surface area (Å²) in [4.78, 5) is 14.5. The van der Waals surface area contributed by atoms with E-state index in [1.54, 1.807) is 7.11 Å². The lowest BCUT2D eigenvalue weighted by Gasteiger charge is -2.40. The predicted molar refractivity (Wildman–Crippen MR) is 82.3 cm³/mol. The lowest BCUT2D eigenvalue weighted by Crippen LogP contribution is -2.54. The van der Waals surface area contributed by atoms with Gasteiger partial charge in [0.15, 0.2) is 0 Å². The normalized spacial score (nSPS) is 29.9. The van der Waals surface area contributed by atoms with Crippen LogP contribution in [0.1, 0.15) is 46.0 Å². The molecule has 2 fully saturated rings. The molecule has 122 valence electrons. The number of esters is 1. The average molecular weight is 298 g/mol. The quantitative estimate of drug-likeness (QED) is 0.723. The van der Waals surface area contributed by atoms with Gasteiger partial charge in [-0.1, -0.05) is 0 Å². The first kappa shape index (κ1) is 16.7. The summed E-state index contributed by atoms with van der Waals surface area (Å²) in [6.45, 7) is 7.05. The molecule has 0 aromatic heterocycles. The summed E-state index contributed by atoms with van der Waals surface area (Å²) in [6.07, 6.45) is 5.36. The van der Waals surface area contributed by atoms with Crippen molar-refractivity contribution in [3.8, 4) is 0 Å². The van der Waals surface area contributed by atoms with Gasteiger partial charge in [-0.2, -0.15) is 0 Å². The van der Waals surface area contributed by atoms with Crippen molar-refractivity contribution >= 4 is 5.97 Å². The summed E-state index contributed by atoms with van der Waals surface area (Å²) in [5.41, 5.74) is -0.624. The molecule has 0 spiro atoms. The van der Waals surface area contributed by atoms with Crippen LogP contribution in [-0.2, 0) is 14.3 Å². The number of nitrogens with zero attached hydrogens (tertiary/aromatic N) is 1. The molecule has 1 N–H and O–H groups in total. The second-order valence-electron chi connectivity index (χ2n) is 7.03. The van der Waals surface area contributed by atoms with E-state index in [1.165, 1.54) is 7.11 Å². The molecule has 2 rings (SSSR count). The summed E-state index contributed by atoms with van der Waals surface area (Å²) in [7, 11) is 3.26. The molecule has 2 atom stereocenters. The Kier molecular flexibility index (Phi) is 5.28. The third kappa shape index (κ3) is 4.41. The monoisotopic (exact) mass is 298 g/mol. The number of piperidine rings is 1. The van der Waals surface area contributed by atoms with Crippen LogP contribution in [0.5, 0.6) is 0 Å². The largest absolute Gasteiger partial charge is 0.468 e. The number of hydrogen-bond donors (Lipinski definition) is 1. The minimum absolute atomic E-state index is 0.0517. The molecule has 1 saturated heterocycles. The van der Waals surface area contributed by atoms with Crippen molar-refractivity contribution in [3.63, 3.8) is 0 Å². The van der Waals surface area contributed by atoms with Gasteiger partial charge in [0.25, 0.3) is 0 Å². The fourth-order valence-electron chi connectivity index (χ4n) is 3.18. The zero-order valence-electron chi connectivity index (χ0n) is 13.9. The molecule has 1 aliphatic heterocycles. The number of carbonyl (C=O) groups excluding carboxylic acids is 1. The first-order valence-electron chi connectivity index (χ1n) is 8.04. The van der Waals surface area contributed by atoms with Gasteiger partial charge in [-0.3, -0.25) is 10.1 Å². The predicted octanol–water partition coefficient (Wildman–Crippen LogP) is 1.56. The second kappa shape index (κ2) is 6.63. The van der Waals surface area contributed by atoms with E-state index < -0.39 is 5.54 Å². The highest BCUT2D eigenvalue weighted by Crippen LogP contribution is 2.27. The molecule has 5 heteroatoms. The zero-order chi connectivity index (χ0) is 15.5. The average Bonchev–Trinajstić information content (AvgIpc) is 3.28. The van der Waals surface area contributed by atoms with E-state index in [0.29, 0.717) is 6.04 Å². The van der Waals surface area contributed by atoms with Crippen LogP contribution in [0, 0.1) is 0 Å². The lowest BCUT2D eigenvalue weighted by molar-refractivity contribution is -0.148. The van der Waals surface area contributed by atoms with Crippen molar-refractivity contribution in [2.24, 2.45) is 0 Å². The first-order chi connectivity index (χ1) is 9.91. The van der Waals surface area contributed by atoms with E-state index in [9.17, 15) is 4.79 Å². The first-order valence-corrected chi connectivity index (χ1v) is 8.04. The summed E-state index contributed by atoms with van der Waals surface area (Å²) in [5, 5.41) is 3.46. The number of ether oxygens (including phenoxy) is 2. The molecule has 1 aliphatic carbocycles. The van der Waals surface area contributed by atoms with Crippen LogP contribution < -0.4 is 5.32 Å². The number of rotatable bonds is 7. The molecular weight excluding hydrogens is 268 g/mol. The third-order valence-electron chi connectivity index (χ3n) is 4.89. The molecule has 0 aromatic rings. The Balaban J connectivity index is 1.90. The zero-order valence-corrected chi connectivity index (χ0v) is 13.9. The third-order valence-corrected chi connectivity index (χ3v) is 4.89. The van der Waals surface area contributed by atoms with E-state index in [2.05, 4.69) is 17.1 Å². The van der Waals surface area contributed by atoms with Crippen molar-refractivity contribution in [2.45, 2.75) is 63.1 Å². The second-order valence-corrected chi connectivity index (χ2v) is 7.03. The topological polar surface area (TPSA) is 50.8 Å². The van der Waals surface area contributed by atoms with Gasteiger partial charge >= 0.3 is 5.97 Å². The Hall–Kier alpha value is -0.650. The molecule has 0 bridgehead atoms. The van der Waals surface area contributed by atoms with Crippen LogP contribution in [-0.4, -0.2) is 61.9 Å². The molecular formula is C16H30N2O3. The molecule has 2 aliphatic rings. The maximum absolute atomic E-state index is 12.1. The van der Waals surface area contributed by atoms with Gasteiger partial charge in [-0.15, -0.1) is 0 Å². The molecule has 0 radical (unpaired) electrons. The molecule has 21 heavy (non-hydrogen) atoms. The standard InChI is InChI=1S/C16H30N2O3/c1-15(21-4)8-5-10-18(12-15)11-9-16(2,14(19)20-3)17-13-6-7-13/h13,17H,5-12H2,1-4H3. The molecule has 2 unspecified atom stereocenters. The van der Waals surface area contributed by atoms with Crippen molar-refractivity contribution in [1.82, 2.24) is 10.2 Å². The van der Waals surface area contributed by atoms with Crippen molar-refractivity contribution < 1.29 is 14.3 Å². The summed E-state index contributed by atoms with van der Waals surface area (Å²) in [6, 6.07) is 0.486. The van der Waals surface area contributed by atoms with E-state index in [-0.39, 0.29) is 11.6 Å². The maximum atomic E-state index is 12.1. The van der Waals surface area contributed by atoms with Gasteiger partial charge in [0.05, 0.1) is 12.7 Å². The van der Waals surface area contributed by atoms with Crippen LogP contribution in [0.25, 0.3) is 0 Å². The highest BCUT2D eigenvalue weighted by atomic mass is 16.5. The van der Waals surface area contributed by atoms with Gasteiger partial charge in [0, 0.05) is 26.2 Å². The van der Waals surface area contributed by atoms with E-state index in [1.807, 2.05) is 6.92 Å². The van der Waals surface area contributed by atoms with Gasteiger partial charge in [0.2, 0.25) is 0 Å². The summed E-state index contributed by atoms with van der Waals surface area (Å²) in [5.74, 6) is -0.152. The summed E-state index contributed by atoms with van der Waals surface area (Å²) >= 11 is 0. The summed E-state index contributed by atoms with van der Waals surface area (Å²) < 4.78 is 10.6. The van der Waals surface area contributed by atoms with Crippen LogP contribution >= 0.6 is 0 Å². The van der Waals surface area contributed by atoms with Crippen molar-refractivity contribution in [3.05, 3.63) is 0 Å². The van der Waals surface area contributed by atoms with E-state index in [0.717, 1.165) is 51.7 Å². The SMILES string of the molecule is COC(=O)C(C)(CCN1CCCC(C)(OC)C1)NC1CC1. The van der Waals surface area contributed by atoms with Gasteiger partial charge in [-0.25, -0.2) is 0 Å². The highest BCUT2D eigenvalue weighted by Gasteiger charge is 2.40. The fraction of sp³-hybridized carbons (Fsp3) is 0.938. The van der Waals surface area contributed by atoms with Gasteiger partial charge in [0.1, 0.15) is 5.54 Å². The number of carbonyl (C=O) groups is 1. The fourth-order valence-corrected chi connectivity index (χ4v) is 3.18. The van der Waals surface area contributed by atoms with Crippen LogP contribution in [0.15, 0.2) is 0 Å². The molecule has 5 nitrogen and oxygen atoms in total. The van der Waals surface area contributed by atoms with Crippen LogP contribution in [0.3, 0.4) is 0 Å². The Morgan fingerprint density at radius 1 is 1.43 bits per heavy atom.